The van der Waals surface area contributed by atoms with Crippen LogP contribution in [0.15, 0.2) is 60.7 Å². The Hall–Kier alpha value is -3.63. The summed E-state index contributed by atoms with van der Waals surface area (Å²) < 4.78 is 11.1. The number of nitrogens with zero attached hydrogens (tertiary/aromatic N) is 3. The van der Waals surface area contributed by atoms with Gasteiger partial charge in [-0.1, -0.05) is 65.7 Å². The highest BCUT2D eigenvalue weighted by Gasteiger charge is 2.32. The lowest BCUT2D eigenvalue weighted by atomic mass is 9.98. The van der Waals surface area contributed by atoms with E-state index in [1.807, 2.05) is 48.5 Å². The van der Waals surface area contributed by atoms with E-state index < -0.39 is 0 Å². The quantitative estimate of drug-likeness (QED) is 0.391. The molecule has 0 bridgehead atoms. The molecule has 0 spiro atoms. The van der Waals surface area contributed by atoms with E-state index in [4.69, 9.17) is 32.7 Å². The summed E-state index contributed by atoms with van der Waals surface area (Å²) in [5.74, 6) is -0.314. The number of rotatable bonds is 8. The predicted octanol–water partition coefficient (Wildman–Crippen LogP) is 4.88. The van der Waals surface area contributed by atoms with E-state index in [1.165, 1.54) is 11.8 Å². The van der Waals surface area contributed by atoms with Gasteiger partial charge in [-0.25, -0.2) is 0 Å². The number of fused-ring (bicyclic) bond motifs is 1. The summed E-state index contributed by atoms with van der Waals surface area (Å²) in [4.78, 5) is 43.7. The van der Waals surface area contributed by atoms with Crippen LogP contribution in [0, 0.1) is 0 Å². The van der Waals surface area contributed by atoms with Gasteiger partial charge in [0.05, 0.1) is 35.0 Å². The standard InChI is InChI=1S/C31H32Cl2N4O5/c1-20(38)34-26-6-4-3-5-23(26)21-7-9-22(10-8-21)28(17-36-11-13-41-14-12-36)35(2)30(39)18-37-27-15-24(32)25(33)16-29(27)42-19-31(37)40/h3-10,15-16,28H,11-14,17-19H2,1-2H3,(H,34,38)/t28-/m0/s1. The van der Waals surface area contributed by atoms with Crippen LogP contribution in [0.2, 0.25) is 10.0 Å². The lowest BCUT2D eigenvalue weighted by Gasteiger charge is -2.37. The summed E-state index contributed by atoms with van der Waals surface area (Å²) in [6, 6.07) is 18.4. The van der Waals surface area contributed by atoms with Gasteiger partial charge in [0, 0.05) is 50.9 Å². The maximum atomic E-state index is 13.8. The number of para-hydroxylation sites is 1. The Labute approximate surface area is 254 Å². The highest BCUT2D eigenvalue weighted by Crippen LogP contribution is 2.39. The van der Waals surface area contributed by atoms with Gasteiger partial charge in [-0.3, -0.25) is 24.2 Å². The molecule has 1 fully saturated rings. The van der Waals surface area contributed by atoms with Gasteiger partial charge in [0.15, 0.2) is 6.61 Å². The fourth-order valence-corrected chi connectivity index (χ4v) is 5.50. The molecule has 220 valence electrons. The van der Waals surface area contributed by atoms with Crippen molar-refractivity contribution < 1.29 is 23.9 Å². The number of benzene rings is 3. The van der Waals surface area contributed by atoms with Crippen molar-refractivity contribution in [3.05, 3.63) is 76.3 Å². The predicted molar refractivity (Wildman–Crippen MR) is 163 cm³/mol. The van der Waals surface area contributed by atoms with E-state index in [-0.39, 0.29) is 41.9 Å². The minimum absolute atomic E-state index is 0.142. The van der Waals surface area contributed by atoms with Gasteiger partial charge in [-0.15, -0.1) is 0 Å². The van der Waals surface area contributed by atoms with Crippen LogP contribution in [0.4, 0.5) is 11.4 Å². The molecule has 42 heavy (non-hydrogen) atoms. The van der Waals surface area contributed by atoms with Crippen LogP contribution in [0.25, 0.3) is 11.1 Å². The Morgan fingerprint density at radius 3 is 2.43 bits per heavy atom. The van der Waals surface area contributed by atoms with Crippen LogP contribution < -0.4 is 15.0 Å². The van der Waals surface area contributed by atoms with E-state index in [0.29, 0.717) is 36.2 Å². The topological polar surface area (TPSA) is 91.4 Å². The number of ether oxygens (including phenoxy) is 2. The maximum Gasteiger partial charge on any atom is 0.265 e. The van der Waals surface area contributed by atoms with Crippen LogP contribution in [-0.4, -0.2) is 80.6 Å². The van der Waals surface area contributed by atoms with E-state index in [9.17, 15) is 14.4 Å². The molecule has 0 unspecified atom stereocenters. The van der Waals surface area contributed by atoms with Crippen molar-refractivity contribution in [1.29, 1.82) is 0 Å². The molecule has 0 aliphatic carbocycles. The number of halogens is 2. The number of anilines is 2. The van der Waals surface area contributed by atoms with Crippen molar-refractivity contribution in [3.63, 3.8) is 0 Å². The summed E-state index contributed by atoms with van der Waals surface area (Å²) in [5, 5.41) is 3.46. The van der Waals surface area contributed by atoms with Crippen LogP contribution in [0.5, 0.6) is 5.75 Å². The molecule has 2 aliphatic rings. The third kappa shape index (κ3) is 6.71. The molecule has 1 atom stereocenters. The first-order valence-electron chi connectivity index (χ1n) is 13.7. The number of hydrogen-bond donors (Lipinski definition) is 1. The van der Waals surface area contributed by atoms with E-state index >= 15 is 0 Å². The van der Waals surface area contributed by atoms with E-state index in [2.05, 4.69) is 10.2 Å². The second-order valence-electron chi connectivity index (χ2n) is 10.3. The molecule has 2 aliphatic heterocycles. The molecule has 3 aromatic carbocycles. The van der Waals surface area contributed by atoms with E-state index in [0.717, 1.165) is 35.5 Å². The molecule has 5 rings (SSSR count). The molecular weight excluding hydrogens is 579 g/mol. The Morgan fingerprint density at radius 1 is 1.02 bits per heavy atom. The third-order valence-corrected chi connectivity index (χ3v) is 8.20. The third-order valence-electron chi connectivity index (χ3n) is 7.48. The molecule has 0 saturated carbocycles. The van der Waals surface area contributed by atoms with E-state index in [1.54, 1.807) is 24.1 Å². The molecule has 3 aromatic rings. The number of likely N-dealkylation sites (N-methyl/N-ethyl adjacent to an activating group) is 1. The Balaban J connectivity index is 1.41. The maximum absolute atomic E-state index is 13.8. The van der Waals surface area contributed by atoms with Gasteiger partial charge in [0.1, 0.15) is 12.3 Å². The first kappa shape index (κ1) is 29.8. The SMILES string of the molecule is CC(=O)Nc1ccccc1-c1ccc([C@H](CN2CCOCC2)N(C)C(=O)CN2C(=O)COc3cc(Cl)c(Cl)cc32)cc1. The Morgan fingerprint density at radius 2 is 1.71 bits per heavy atom. The second kappa shape index (κ2) is 13.1. The summed E-state index contributed by atoms with van der Waals surface area (Å²) in [6.07, 6.45) is 0. The summed E-state index contributed by atoms with van der Waals surface area (Å²) in [7, 11) is 1.76. The largest absolute Gasteiger partial charge is 0.482 e. The summed E-state index contributed by atoms with van der Waals surface area (Å²) in [5.41, 5.74) is 3.92. The average Bonchev–Trinajstić information content (AvgIpc) is 2.98. The molecule has 0 radical (unpaired) electrons. The lowest BCUT2D eigenvalue weighted by molar-refractivity contribution is -0.133. The zero-order valence-corrected chi connectivity index (χ0v) is 25.0. The number of nitrogens with one attached hydrogen (secondary N) is 1. The average molecular weight is 612 g/mol. The molecule has 1 saturated heterocycles. The van der Waals surface area contributed by atoms with Crippen LogP contribution in [0.3, 0.4) is 0 Å². The second-order valence-corrected chi connectivity index (χ2v) is 11.1. The monoisotopic (exact) mass is 610 g/mol. The zero-order chi connectivity index (χ0) is 29.8. The highest BCUT2D eigenvalue weighted by atomic mass is 35.5. The Kier molecular flexibility index (Phi) is 9.33. The molecule has 9 nitrogen and oxygen atoms in total. The number of hydrogen-bond acceptors (Lipinski definition) is 6. The van der Waals surface area contributed by atoms with Crippen LogP contribution in [0.1, 0.15) is 18.5 Å². The number of amides is 3. The van der Waals surface area contributed by atoms with Crippen molar-refractivity contribution in [2.75, 3.05) is 63.3 Å². The van der Waals surface area contributed by atoms with Gasteiger partial charge in [-0.05, 0) is 23.3 Å². The number of morpholine rings is 1. The molecule has 2 heterocycles. The van der Waals surface area contributed by atoms with Crippen LogP contribution in [-0.2, 0) is 19.1 Å². The minimum Gasteiger partial charge on any atom is -0.482 e. The molecular formula is C31H32Cl2N4O5. The van der Waals surface area contributed by atoms with Crippen molar-refractivity contribution in [2.24, 2.45) is 0 Å². The highest BCUT2D eigenvalue weighted by molar-refractivity contribution is 6.42. The number of carbonyl (C=O) groups excluding carboxylic acids is 3. The molecule has 1 N–H and O–H groups in total. The first-order valence-corrected chi connectivity index (χ1v) is 14.4. The smallest absolute Gasteiger partial charge is 0.265 e. The van der Waals surface area contributed by atoms with Crippen molar-refractivity contribution in [1.82, 2.24) is 9.80 Å². The molecule has 0 aromatic heterocycles. The number of carbonyl (C=O) groups is 3. The van der Waals surface area contributed by atoms with Gasteiger partial charge in [0.2, 0.25) is 11.8 Å². The summed E-state index contributed by atoms with van der Waals surface area (Å²) >= 11 is 12.4. The summed E-state index contributed by atoms with van der Waals surface area (Å²) in [6.45, 7) is 4.49. The lowest BCUT2D eigenvalue weighted by Crippen LogP contribution is -2.48. The Bertz CT molecular complexity index is 1480. The fraction of sp³-hybridized carbons (Fsp3) is 0.323. The fourth-order valence-electron chi connectivity index (χ4n) is 5.19. The van der Waals surface area contributed by atoms with Crippen molar-refractivity contribution >= 4 is 52.3 Å². The minimum atomic E-state index is -0.338. The van der Waals surface area contributed by atoms with Gasteiger partial charge in [-0.2, -0.15) is 0 Å². The van der Waals surface area contributed by atoms with Crippen molar-refractivity contribution in [2.45, 2.75) is 13.0 Å². The van der Waals surface area contributed by atoms with Gasteiger partial charge < -0.3 is 19.7 Å². The van der Waals surface area contributed by atoms with Gasteiger partial charge >= 0.3 is 0 Å². The normalized spacial score (nSPS) is 15.9. The molecule has 3 amide bonds. The zero-order valence-electron chi connectivity index (χ0n) is 23.4. The van der Waals surface area contributed by atoms with Crippen LogP contribution >= 0.6 is 23.2 Å². The van der Waals surface area contributed by atoms with Gasteiger partial charge in [0.25, 0.3) is 5.91 Å². The first-order chi connectivity index (χ1) is 20.2. The molecule has 11 heteroatoms. The van der Waals surface area contributed by atoms with Crippen molar-refractivity contribution in [3.8, 4) is 16.9 Å².